The van der Waals surface area contributed by atoms with Crippen LogP contribution in [-0.4, -0.2) is 24.3 Å². The maximum atomic E-state index is 12.5. The molecule has 1 fully saturated rings. The SMILES string of the molecule is Cc1c(COc2cccc(OC3CCOCC3)c2)[nH]c2ccccc2c1=O. The minimum Gasteiger partial charge on any atom is -0.490 e. The van der Waals surface area contributed by atoms with Crippen molar-refractivity contribution >= 4 is 10.9 Å². The third-order valence-corrected chi connectivity index (χ3v) is 4.91. The summed E-state index contributed by atoms with van der Waals surface area (Å²) in [5.41, 5.74) is 2.33. The second kappa shape index (κ2) is 7.84. The first-order chi connectivity index (χ1) is 13.2. The Bertz CT molecular complexity index is 989. The third kappa shape index (κ3) is 3.98. The summed E-state index contributed by atoms with van der Waals surface area (Å²) in [6.07, 6.45) is 2.00. The highest BCUT2D eigenvalue weighted by atomic mass is 16.5. The van der Waals surface area contributed by atoms with Gasteiger partial charge in [-0.2, -0.15) is 0 Å². The van der Waals surface area contributed by atoms with Crippen LogP contribution in [-0.2, 0) is 11.3 Å². The predicted molar refractivity (Wildman–Crippen MR) is 105 cm³/mol. The van der Waals surface area contributed by atoms with E-state index < -0.39 is 0 Å². The summed E-state index contributed by atoms with van der Waals surface area (Å²) in [6.45, 7) is 3.62. The molecule has 1 aliphatic rings. The van der Waals surface area contributed by atoms with Gasteiger partial charge in [0, 0.05) is 35.4 Å². The molecule has 1 saturated heterocycles. The maximum absolute atomic E-state index is 12.5. The van der Waals surface area contributed by atoms with Gasteiger partial charge in [-0.15, -0.1) is 0 Å². The van der Waals surface area contributed by atoms with Crippen molar-refractivity contribution in [2.75, 3.05) is 13.2 Å². The molecule has 0 bridgehead atoms. The number of rotatable bonds is 5. The Balaban J connectivity index is 1.49. The number of aromatic amines is 1. The molecule has 27 heavy (non-hydrogen) atoms. The standard InChI is InChI=1S/C22H23NO4/c1-15-21(23-20-8-3-2-7-19(20)22(15)24)14-26-17-5-4-6-18(13-17)27-16-9-11-25-12-10-16/h2-8,13,16H,9-12,14H2,1H3,(H,23,24). The van der Waals surface area contributed by atoms with Crippen molar-refractivity contribution in [2.24, 2.45) is 0 Å². The van der Waals surface area contributed by atoms with Gasteiger partial charge in [-0.05, 0) is 31.2 Å². The Labute approximate surface area is 157 Å². The van der Waals surface area contributed by atoms with Crippen molar-refractivity contribution in [1.29, 1.82) is 0 Å². The van der Waals surface area contributed by atoms with Crippen molar-refractivity contribution in [3.8, 4) is 11.5 Å². The largest absolute Gasteiger partial charge is 0.490 e. The highest BCUT2D eigenvalue weighted by Gasteiger charge is 2.15. The normalized spacial score (nSPS) is 15.0. The highest BCUT2D eigenvalue weighted by molar-refractivity contribution is 5.79. The van der Waals surface area contributed by atoms with Crippen LogP contribution < -0.4 is 14.9 Å². The van der Waals surface area contributed by atoms with Crippen LogP contribution in [0, 0.1) is 6.92 Å². The summed E-state index contributed by atoms with van der Waals surface area (Å²) in [5, 5.41) is 0.700. The lowest BCUT2D eigenvalue weighted by atomic mass is 10.1. The van der Waals surface area contributed by atoms with Gasteiger partial charge in [-0.3, -0.25) is 4.79 Å². The van der Waals surface area contributed by atoms with E-state index in [-0.39, 0.29) is 11.5 Å². The van der Waals surface area contributed by atoms with E-state index in [0.717, 1.165) is 43.0 Å². The van der Waals surface area contributed by atoms with Crippen LogP contribution in [0.5, 0.6) is 11.5 Å². The van der Waals surface area contributed by atoms with E-state index in [1.54, 1.807) is 0 Å². The summed E-state index contributed by atoms with van der Waals surface area (Å²) in [4.78, 5) is 15.8. The summed E-state index contributed by atoms with van der Waals surface area (Å²) >= 11 is 0. The monoisotopic (exact) mass is 365 g/mol. The van der Waals surface area contributed by atoms with Crippen LogP contribution >= 0.6 is 0 Å². The van der Waals surface area contributed by atoms with Gasteiger partial charge in [-0.1, -0.05) is 18.2 Å². The number of aromatic nitrogens is 1. The summed E-state index contributed by atoms with van der Waals surface area (Å²) in [5.74, 6) is 1.51. The van der Waals surface area contributed by atoms with E-state index in [0.29, 0.717) is 23.3 Å². The predicted octanol–water partition coefficient (Wildman–Crippen LogP) is 3.97. The van der Waals surface area contributed by atoms with E-state index in [4.69, 9.17) is 14.2 Å². The van der Waals surface area contributed by atoms with Crippen LogP contribution in [0.1, 0.15) is 24.1 Å². The molecule has 1 aromatic heterocycles. The zero-order valence-electron chi connectivity index (χ0n) is 15.4. The highest BCUT2D eigenvalue weighted by Crippen LogP contribution is 2.24. The number of nitrogens with one attached hydrogen (secondary N) is 1. The van der Waals surface area contributed by atoms with Crippen LogP contribution in [0.4, 0.5) is 0 Å². The van der Waals surface area contributed by atoms with Gasteiger partial charge in [0.25, 0.3) is 0 Å². The smallest absolute Gasteiger partial charge is 0.192 e. The Morgan fingerprint density at radius 3 is 2.70 bits per heavy atom. The summed E-state index contributed by atoms with van der Waals surface area (Å²) in [7, 11) is 0. The molecule has 0 radical (unpaired) electrons. The van der Waals surface area contributed by atoms with Crippen molar-refractivity contribution in [2.45, 2.75) is 32.5 Å². The first kappa shape index (κ1) is 17.6. The molecule has 0 aliphatic carbocycles. The quantitative estimate of drug-likeness (QED) is 0.743. The zero-order chi connectivity index (χ0) is 18.6. The molecule has 2 aromatic carbocycles. The fraction of sp³-hybridized carbons (Fsp3) is 0.318. The topological polar surface area (TPSA) is 60.6 Å². The van der Waals surface area contributed by atoms with E-state index in [1.807, 2.05) is 55.5 Å². The van der Waals surface area contributed by atoms with Crippen molar-refractivity contribution in [3.63, 3.8) is 0 Å². The lowest BCUT2D eigenvalue weighted by Crippen LogP contribution is -2.25. The van der Waals surface area contributed by atoms with Gasteiger partial charge in [0.05, 0.1) is 18.9 Å². The van der Waals surface area contributed by atoms with E-state index in [1.165, 1.54) is 0 Å². The van der Waals surface area contributed by atoms with Gasteiger partial charge in [-0.25, -0.2) is 0 Å². The molecule has 5 heteroatoms. The molecule has 3 aromatic rings. The molecule has 1 aliphatic heterocycles. The molecule has 1 N–H and O–H groups in total. The molecule has 0 unspecified atom stereocenters. The lowest BCUT2D eigenvalue weighted by molar-refractivity contribution is 0.0255. The molecule has 5 nitrogen and oxygen atoms in total. The van der Waals surface area contributed by atoms with Gasteiger partial charge in [0.2, 0.25) is 0 Å². The van der Waals surface area contributed by atoms with Gasteiger partial charge in [0.1, 0.15) is 24.2 Å². The van der Waals surface area contributed by atoms with E-state index >= 15 is 0 Å². The number of H-pyrrole nitrogens is 1. The molecule has 0 atom stereocenters. The first-order valence-corrected chi connectivity index (χ1v) is 9.28. The van der Waals surface area contributed by atoms with Gasteiger partial charge >= 0.3 is 0 Å². The van der Waals surface area contributed by atoms with E-state index in [2.05, 4.69) is 4.98 Å². The fourth-order valence-electron chi connectivity index (χ4n) is 3.31. The second-order valence-corrected chi connectivity index (χ2v) is 6.80. The zero-order valence-corrected chi connectivity index (χ0v) is 15.4. The number of hydrogen-bond donors (Lipinski definition) is 1. The number of benzene rings is 2. The maximum Gasteiger partial charge on any atom is 0.192 e. The first-order valence-electron chi connectivity index (χ1n) is 9.28. The van der Waals surface area contributed by atoms with Crippen LogP contribution in [0.25, 0.3) is 10.9 Å². The molecular weight excluding hydrogens is 342 g/mol. The van der Waals surface area contributed by atoms with Crippen LogP contribution in [0.2, 0.25) is 0 Å². The minimum absolute atomic E-state index is 0.0413. The molecule has 2 heterocycles. The number of ether oxygens (including phenoxy) is 3. The molecular formula is C22H23NO4. The number of hydrogen-bond acceptors (Lipinski definition) is 4. The molecule has 140 valence electrons. The average molecular weight is 365 g/mol. The summed E-state index contributed by atoms with van der Waals surface area (Å²) in [6, 6.07) is 15.2. The number of fused-ring (bicyclic) bond motifs is 1. The number of para-hydroxylation sites is 1. The third-order valence-electron chi connectivity index (χ3n) is 4.91. The Kier molecular flexibility index (Phi) is 5.12. The minimum atomic E-state index is 0.0413. The Morgan fingerprint density at radius 2 is 1.85 bits per heavy atom. The fourth-order valence-corrected chi connectivity index (χ4v) is 3.31. The number of pyridine rings is 1. The van der Waals surface area contributed by atoms with E-state index in [9.17, 15) is 4.79 Å². The Morgan fingerprint density at radius 1 is 1.07 bits per heavy atom. The molecule has 0 spiro atoms. The van der Waals surface area contributed by atoms with Gasteiger partial charge in [0.15, 0.2) is 5.43 Å². The Hall–Kier alpha value is -2.79. The molecule has 0 saturated carbocycles. The van der Waals surface area contributed by atoms with Crippen LogP contribution in [0.15, 0.2) is 53.3 Å². The lowest BCUT2D eigenvalue weighted by Gasteiger charge is -2.23. The second-order valence-electron chi connectivity index (χ2n) is 6.80. The van der Waals surface area contributed by atoms with Crippen molar-refractivity contribution < 1.29 is 14.2 Å². The summed E-state index contributed by atoms with van der Waals surface area (Å²) < 4.78 is 17.3. The van der Waals surface area contributed by atoms with Crippen LogP contribution in [0.3, 0.4) is 0 Å². The average Bonchev–Trinajstić information content (AvgIpc) is 2.71. The van der Waals surface area contributed by atoms with Gasteiger partial charge < -0.3 is 19.2 Å². The van der Waals surface area contributed by atoms with Crippen molar-refractivity contribution in [3.05, 3.63) is 70.0 Å². The molecule has 4 rings (SSSR count). The van der Waals surface area contributed by atoms with Crippen molar-refractivity contribution in [1.82, 2.24) is 4.98 Å². The molecule has 0 amide bonds.